The van der Waals surface area contributed by atoms with Crippen LogP contribution in [0.2, 0.25) is 5.22 Å². The van der Waals surface area contributed by atoms with Crippen LogP contribution in [0.5, 0.6) is 0 Å². The van der Waals surface area contributed by atoms with Gasteiger partial charge < -0.3 is 9.73 Å². The zero-order chi connectivity index (χ0) is 10.7. The molecule has 0 radical (unpaired) electrons. The van der Waals surface area contributed by atoms with Crippen LogP contribution >= 0.6 is 36.4 Å². The molecule has 1 fully saturated rings. The molecule has 1 aliphatic rings. The summed E-state index contributed by atoms with van der Waals surface area (Å²) >= 11 is 5.80. The van der Waals surface area contributed by atoms with Crippen molar-refractivity contribution in [2.45, 2.75) is 19.4 Å². The fourth-order valence-corrected chi connectivity index (χ4v) is 2.29. The SMILES string of the molecule is CC[C@@H](c1ccc(Cl)o1)N1CCNCC1.Cl.Cl. The van der Waals surface area contributed by atoms with Crippen LogP contribution in [-0.2, 0) is 0 Å². The summed E-state index contributed by atoms with van der Waals surface area (Å²) in [7, 11) is 0. The molecule has 17 heavy (non-hydrogen) atoms. The Labute approximate surface area is 120 Å². The minimum Gasteiger partial charge on any atom is -0.448 e. The molecule has 1 atom stereocenters. The van der Waals surface area contributed by atoms with Crippen molar-refractivity contribution in [3.05, 3.63) is 23.1 Å². The molecule has 1 aromatic heterocycles. The van der Waals surface area contributed by atoms with E-state index in [-0.39, 0.29) is 24.8 Å². The van der Waals surface area contributed by atoms with Gasteiger partial charge in [0, 0.05) is 26.2 Å². The van der Waals surface area contributed by atoms with Gasteiger partial charge in [-0.05, 0) is 30.2 Å². The van der Waals surface area contributed by atoms with Gasteiger partial charge in [-0.2, -0.15) is 0 Å². The molecule has 1 aliphatic heterocycles. The number of nitrogens with zero attached hydrogens (tertiary/aromatic N) is 1. The van der Waals surface area contributed by atoms with Crippen molar-refractivity contribution in [3.63, 3.8) is 0 Å². The summed E-state index contributed by atoms with van der Waals surface area (Å²) in [6, 6.07) is 4.18. The molecule has 1 aromatic rings. The van der Waals surface area contributed by atoms with E-state index in [2.05, 4.69) is 17.1 Å². The van der Waals surface area contributed by atoms with Crippen molar-refractivity contribution in [1.82, 2.24) is 10.2 Å². The summed E-state index contributed by atoms with van der Waals surface area (Å²) in [6.45, 7) is 6.46. The third-order valence-corrected chi connectivity index (χ3v) is 3.10. The van der Waals surface area contributed by atoms with Gasteiger partial charge in [-0.1, -0.05) is 6.92 Å². The molecule has 0 amide bonds. The summed E-state index contributed by atoms with van der Waals surface area (Å²) < 4.78 is 5.49. The molecule has 0 aromatic carbocycles. The lowest BCUT2D eigenvalue weighted by Crippen LogP contribution is -2.44. The third kappa shape index (κ3) is 4.34. The van der Waals surface area contributed by atoms with E-state index in [1.807, 2.05) is 12.1 Å². The van der Waals surface area contributed by atoms with Gasteiger partial charge in [0.2, 0.25) is 0 Å². The maximum Gasteiger partial charge on any atom is 0.193 e. The average Bonchev–Trinajstić information content (AvgIpc) is 2.68. The largest absolute Gasteiger partial charge is 0.448 e. The highest BCUT2D eigenvalue weighted by molar-refractivity contribution is 6.28. The summed E-state index contributed by atoms with van der Waals surface area (Å²) in [4.78, 5) is 2.45. The lowest BCUT2D eigenvalue weighted by Gasteiger charge is -2.33. The molecule has 0 unspecified atom stereocenters. The molecule has 1 N–H and O–H groups in total. The fourth-order valence-electron chi connectivity index (χ4n) is 2.14. The number of furan rings is 1. The molecule has 0 aliphatic carbocycles. The highest BCUT2D eigenvalue weighted by Crippen LogP contribution is 2.27. The van der Waals surface area contributed by atoms with Gasteiger partial charge >= 0.3 is 0 Å². The molecule has 1 saturated heterocycles. The second-order valence-corrected chi connectivity index (χ2v) is 4.22. The van der Waals surface area contributed by atoms with Crippen molar-refractivity contribution >= 4 is 36.4 Å². The van der Waals surface area contributed by atoms with E-state index in [9.17, 15) is 0 Å². The van der Waals surface area contributed by atoms with Crippen molar-refractivity contribution in [3.8, 4) is 0 Å². The molecule has 6 heteroatoms. The second kappa shape index (κ2) is 8.22. The van der Waals surface area contributed by atoms with Crippen LogP contribution in [0.1, 0.15) is 25.1 Å². The number of halogens is 3. The van der Waals surface area contributed by atoms with Crippen molar-refractivity contribution in [2.75, 3.05) is 26.2 Å². The molecular formula is C11H19Cl3N2O. The highest BCUT2D eigenvalue weighted by atomic mass is 35.5. The second-order valence-electron chi connectivity index (χ2n) is 3.85. The highest BCUT2D eigenvalue weighted by Gasteiger charge is 2.22. The molecular weight excluding hydrogens is 282 g/mol. The molecule has 2 rings (SSSR count). The van der Waals surface area contributed by atoms with Crippen LogP contribution in [0.15, 0.2) is 16.5 Å². The Kier molecular flexibility index (Phi) is 8.25. The number of hydrogen-bond acceptors (Lipinski definition) is 3. The first kappa shape index (κ1) is 17.1. The standard InChI is InChI=1S/C11H17ClN2O.2ClH/c1-2-9(10-3-4-11(12)15-10)14-7-5-13-6-8-14;;/h3-4,9,13H,2,5-8H2,1H3;2*1H/t9-;;/m0../s1. The van der Waals surface area contributed by atoms with Gasteiger partial charge in [-0.15, -0.1) is 24.8 Å². The predicted octanol–water partition coefficient (Wildman–Crippen LogP) is 3.13. The molecule has 100 valence electrons. The van der Waals surface area contributed by atoms with E-state index < -0.39 is 0 Å². The maximum atomic E-state index is 5.80. The van der Waals surface area contributed by atoms with Crippen LogP contribution in [0, 0.1) is 0 Å². The normalized spacial score (nSPS) is 18.0. The molecule has 0 spiro atoms. The number of rotatable bonds is 3. The van der Waals surface area contributed by atoms with Crippen molar-refractivity contribution < 1.29 is 4.42 Å². The molecule has 0 saturated carbocycles. The lowest BCUT2D eigenvalue weighted by atomic mass is 10.1. The Morgan fingerprint density at radius 3 is 2.47 bits per heavy atom. The first-order valence-corrected chi connectivity index (χ1v) is 5.89. The van der Waals surface area contributed by atoms with E-state index in [0.29, 0.717) is 11.3 Å². The van der Waals surface area contributed by atoms with Gasteiger partial charge in [0.05, 0.1) is 6.04 Å². The topological polar surface area (TPSA) is 28.4 Å². The number of nitrogens with one attached hydrogen (secondary N) is 1. The van der Waals surface area contributed by atoms with Crippen molar-refractivity contribution in [1.29, 1.82) is 0 Å². The van der Waals surface area contributed by atoms with E-state index in [0.717, 1.165) is 38.4 Å². The number of piperazine rings is 1. The van der Waals surface area contributed by atoms with Gasteiger partial charge in [0.1, 0.15) is 5.76 Å². The summed E-state index contributed by atoms with van der Waals surface area (Å²) in [5.74, 6) is 0.990. The predicted molar refractivity (Wildman–Crippen MR) is 75.7 cm³/mol. The monoisotopic (exact) mass is 300 g/mol. The van der Waals surface area contributed by atoms with Gasteiger partial charge in [-0.3, -0.25) is 4.90 Å². The van der Waals surface area contributed by atoms with Gasteiger partial charge in [0.25, 0.3) is 0 Å². The third-order valence-electron chi connectivity index (χ3n) is 2.90. The van der Waals surface area contributed by atoms with Crippen LogP contribution in [0.4, 0.5) is 0 Å². The van der Waals surface area contributed by atoms with Crippen LogP contribution in [-0.4, -0.2) is 31.1 Å². The Bertz CT molecular complexity index is 313. The van der Waals surface area contributed by atoms with E-state index in [1.54, 1.807) is 0 Å². The maximum absolute atomic E-state index is 5.80. The van der Waals surface area contributed by atoms with E-state index >= 15 is 0 Å². The fraction of sp³-hybridized carbons (Fsp3) is 0.636. The zero-order valence-electron chi connectivity index (χ0n) is 9.82. The Morgan fingerprint density at radius 2 is 2.00 bits per heavy atom. The minimum absolute atomic E-state index is 0. The van der Waals surface area contributed by atoms with E-state index in [4.69, 9.17) is 16.0 Å². The molecule has 2 heterocycles. The summed E-state index contributed by atoms with van der Waals surface area (Å²) in [5.41, 5.74) is 0. The average molecular weight is 302 g/mol. The Morgan fingerprint density at radius 1 is 1.35 bits per heavy atom. The lowest BCUT2D eigenvalue weighted by molar-refractivity contribution is 0.150. The summed E-state index contributed by atoms with van der Waals surface area (Å²) in [6.07, 6.45) is 1.06. The minimum atomic E-state index is 0. The Balaban J connectivity index is 0.00000128. The first-order chi connectivity index (χ1) is 7.31. The van der Waals surface area contributed by atoms with Gasteiger partial charge in [-0.25, -0.2) is 0 Å². The number of hydrogen-bond donors (Lipinski definition) is 1. The van der Waals surface area contributed by atoms with Crippen LogP contribution < -0.4 is 5.32 Å². The Hall–Kier alpha value is 0.0700. The summed E-state index contributed by atoms with van der Waals surface area (Å²) in [5, 5.41) is 3.84. The van der Waals surface area contributed by atoms with E-state index in [1.165, 1.54) is 0 Å². The quantitative estimate of drug-likeness (QED) is 0.930. The zero-order valence-corrected chi connectivity index (χ0v) is 12.2. The smallest absolute Gasteiger partial charge is 0.193 e. The first-order valence-electron chi connectivity index (χ1n) is 5.51. The van der Waals surface area contributed by atoms with Gasteiger partial charge in [0.15, 0.2) is 5.22 Å². The van der Waals surface area contributed by atoms with Crippen LogP contribution in [0.3, 0.4) is 0 Å². The van der Waals surface area contributed by atoms with Crippen LogP contribution in [0.25, 0.3) is 0 Å². The molecule has 3 nitrogen and oxygen atoms in total. The van der Waals surface area contributed by atoms with Crippen molar-refractivity contribution in [2.24, 2.45) is 0 Å². The molecule has 0 bridgehead atoms.